The number of β-amino-alcohol motifs (C(OH)–C–C–N with tert-alkyl or cyclic N) is 1. The molecule has 0 radical (unpaired) electrons. The van der Waals surface area contributed by atoms with Crippen LogP contribution >= 0.6 is 0 Å². The third-order valence-electron chi connectivity index (χ3n) is 4.92. The Morgan fingerprint density at radius 2 is 1.96 bits per heavy atom. The Balaban J connectivity index is 1.70. The summed E-state index contributed by atoms with van der Waals surface area (Å²) in [6.45, 7) is 3.68. The van der Waals surface area contributed by atoms with E-state index in [0.29, 0.717) is 19.6 Å². The maximum absolute atomic E-state index is 12.1. The molecule has 2 N–H and O–H groups in total. The Kier molecular flexibility index (Phi) is 5.47. The lowest BCUT2D eigenvalue weighted by molar-refractivity contribution is 0.148. The van der Waals surface area contributed by atoms with E-state index in [-0.39, 0.29) is 11.7 Å². The first-order valence-electron chi connectivity index (χ1n) is 8.66. The van der Waals surface area contributed by atoms with Crippen LogP contribution in [0.15, 0.2) is 30.5 Å². The van der Waals surface area contributed by atoms with Crippen molar-refractivity contribution in [2.75, 3.05) is 32.9 Å². The molecule has 142 valence electrons. The molecule has 1 aliphatic rings. The standard InChI is InChI=1S/C18H26N4O3S/c1-13-4-6-14(7-5-13)18-15(8-19-20-18)9-22-10-16(17(23)11-22)12-26(24,25)21(2)3/h4-8,16-17,23H,9-12H2,1-3H3,(H,19,20)/t16-,17+/m0/s1. The normalized spacial score (nSPS) is 21.6. The number of likely N-dealkylation sites (tertiary alicyclic amines) is 1. The topological polar surface area (TPSA) is 89.5 Å². The van der Waals surface area contributed by atoms with E-state index in [1.54, 1.807) is 6.20 Å². The molecule has 1 saturated heterocycles. The zero-order valence-corrected chi connectivity index (χ0v) is 16.2. The largest absolute Gasteiger partial charge is 0.391 e. The molecule has 0 aliphatic carbocycles. The van der Waals surface area contributed by atoms with Crippen LogP contribution in [0, 0.1) is 12.8 Å². The van der Waals surface area contributed by atoms with Crippen LogP contribution in [0.3, 0.4) is 0 Å². The zero-order valence-electron chi connectivity index (χ0n) is 15.4. The monoisotopic (exact) mass is 378 g/mol. The van der Waals surface area contributed by atoms with Crippen molar-refractivity contribution in [3.8, 4) is 11.3 Å². The van der Waals surface area contributed by atoms with Crippen LogP contribution in [0.5, 0.6) is 0 Å². The summed E-state index contributed by atoms with van der Waals surface area (Å²) in [5, 5.41) is 17.5. The maximum atomic E-state index is 12.1. The quantitative estimate of drug-likeness (QED) is 0.785. The number of rotatable bonds is 6. The molecule has 2 atom stereocenters. The molecule has 1 aromatic heterocycles. The first-order chi connectivity index (χ1) is 12.3. The number of nitrogens with one attached hydrogen (secondary N) is 1. The molecule has 26 heavy (non-hydrogen) atoms. The number of aliphatic hydroxyl groups excluding tert-OH is 1. The summed E-state index contributed by atoms with van der Waals surface area (Å²) >= 11 is 0. The van der Waals surface area contributed by atoms with Crippen LogP contribution < -0.4 is 0 Å². The van der Waals surface area contributed by atoms with Gasteiger partial charge in [0, 0.05) is 45.2 Å². The van der Waals surface area contributed by atoms with Crippen LogP contribution in [0.2, 0.25) is 0 Å². The summed E-state index contributed by atoms with van der Waals surface area (Å²) in [6, 6.07) is 8.22. The summed E-state index contributed by atoms with van der Waals surface area (Å²) < 4.78 is 25.4. The van der Waals surface area contributed by atoms with E-state index in [4.69, 9.17) is 0 Å². The van der Waals surface area contributed by atoms with E-state index < -0.39 is 16.1 Å². The lowest BCUT2D eigenvalue weighted by Crippen LogP contribution is -2.33. The fourth-order valence-corrected chi connectivity index (χ4v) is 4.46. The predicted molar refractivity (Wildman–Crippen MR) is 101 cm³/mol. The first kappa shape index (κ1) is 19.0. The van der Waals surface area contributed by atoms with Crippen LogP contribution in [0.4, 0.5) is 0 Å². The highest BCUT2D eigenvalue weighted by atomic mass is 32.2. The van der Waals surface area contributed by atoms with Gasteiger partial charge in [-0.3, -0.25) is 10.00 Å². The molecular formula is C18H26N4O3S. The lowest BCUT2D eigenvalue weighted by atomic mass is 10.1. The number of sulfonamides is 1. The molecular weight excluding hydrogens is 352 g/mol. The molecule has 1 aromatic carbocycles. The van der Waals surface area contributed by atoms with Gasteiger partial charge in [-0.1, -0.05) is 29.8 Å². The van der Waals surface area contributed by atoms with Gasteiger partial charge < -0.3 is 5.11 Å². The smallest absolute Gasteiger partial charge is 0.214 e. The minimum Gasteiger partial charge on any atom is -0.391 e. The molecule has 8 heteroatoms. The average molecular weight is 378 g/mol. The van der Waals surface area contributed by atoms with Gasteiger partial charge in [-0.15, -0.1) is 0 Å². The van der Waals surface area contributed by atoms with Gasteiger partial charge in [0.05, 0.1) is 23.7 Å². The van der Waals surface area contributed by atoms with Crippen molar-refractivity contribution in [1.82, 2.24) is 19.4 Å². The number of nitrogens with zero attached hydrogens (tertiary/aromatic N) is 3. The minimum atomic E-state index is -3.33. The second-order valence-corrected chi connectivity index (χ2v) is 9.45. The highest BCUT2D eigenvalue weighted by Crippen LogP contribution is 2.26. The highest BCUT2D eigenvalue weighted by molar-refractivity contribution is 7.89. The summed E-state index contributed by atoms with van der Waals surface area (Å²) in [5.74, 6) is -0.314. The van der Waals surface area contributed by atoms with Gasteiger partial charge in [0.15, 0.2) is 0 Å². The Morgan fingerprint density at radius 1 is 1.27 bits per heavy atom. The third-order valence-corrected chi connectivity index (χ3v) is 6.88. The Morgan fingerprint density at radius 3 is 2.62 bits per heavy atom. The lowest BCUT2D eigenvalue weighted by Gasteiger charge is -2.18. The Bertz CT molecular complexity index is 846. The summed E-state index contributed by atoms with van der Waals surface area (Å²) in [6.07, 6.45) is 1.16. The molecule has 0 saturated carbocycles. The van der Waals surface area contributed by atoms with Crippen molar-refractivity contribution in [3.63, 3.8) is 0 Å². The summed E-state index contributed by atoms with van der Waals surface area (Å²) in [5.41, 5.74) is 4.26. The van der Waals surface area contributed by atoms with Gasteiger partial charge in [0.2, 0.25) is 10.0 Å². The molecule has 2 heterocycles. The van der Waals surface area contributed by atoms with E-state index in [0.717, 1.165) is 16.8 Å². The zero-order chi connectivity index (χ0) is 18.9. The van der Waals surface area contributed by atoms with Crippen molar-refractivity contribution in [2.45, 2.75) is 19.6 Å². The first-order valence-corrected chi connectivity index (χ1v) is 10.3. The molecule has 0 bridgehead atoms. The maximum Gasteiger partial charge on any atom is 0.214 e. The number of aromatic nitrogens is 2. The molecule has 1 aliphatic heterocycles. The van der Waals surface area contributed by atoms with Crippen molar-refractivity contribution >= 4 is 10.0 Å². The van der Waals surface area contributed by atoms with Gasteiger partial charge in [-0.05, 0) is 12.5 Å². The number of benzene rings is 1. The molecule has 0 amide bonds. The second kappa shape index (κ2) is 7.48. The van der Waals surface area contributed by atoms with E-state index in [9.17, 15) is 13.5 Å². The van der Waals surface area contributed by atoms with Gasteiger partial charge >= 0.3 is 0 Å². The van der Waals surface area contributed by atoms with Crippen molar-refractivity contribution < 1.29 is 13.5 Å². The number of hydrogen-bond acceptors (Lipinski definition) is 5. The number of aliphatic hydroxyl groups is 1. The van der Waals surface area contributed by atoms with Crippen LogP contribution in [0.25, 0.3) is 11.3 Å². The van der Waals surface area contributed by atoms with E-state index in [1.165, 1.54) is 24.0 Å². The van der Waals surface area contributed by atoms with E-state index >= 15 is 0 Å². The Hall–Kier alpha value is -1.74. The number of aryl methyl sites for hydroxylation is 1. The third kappa shape index (κ3) is 4.15. The minimum absolute atomic E-state index is 0.0339. The van der Waals surface area contributed by atoms with Crippen LogP contribution in [-0.4, -0.2) is 72.0 Å². The fraction of sp³-hybridized carbons (Fsp3) is 0.500. The number of hydrogen-bond donors (Lipinski definition) is 2. The second-order valence-electron chi connectivity index (χ2n) is 7.22. The van der Waals surface area contributed by atoms with Crippen LogP contribution in [0.1, 0.15) is 11.1 Å². The number of aromatic amines is 1. The number of H-pyrrole nitrogens is 1. The SMILES string of the molecule is Cc1ccc(-c2[nH]ncc2CN2C[C@@H](CS(=O)(=O)N(C)C)[C@H](O)C2)cc1. The predicted octanol–water partition coefficient (Wildman–Crippen LogP) is 1.07. The molecule has 7 nitrogen and oxygen atoms in total. The van der Waals surface area contributed by atoms with Gasteiger partial charge in [0.1, 0.15) is 0 Å². The van der Waals surface area contributed by atoms with Crippen molar-refractivity contribution in [1.29, 1.82) is 0 Å². The van der Waals surface area contributed by atoms with Gasteiger partial charge in [-0.25, -0.2) is 12.7 Å². The molecule has 0 unspecified atom stereocenters. The summed E-state index contributed by atoms with van der Waals surface area (Å²) in [7, 11) is -0.284. The van der Waals surface area contributed by atoms with Gasteiger partial charge in [0.25, 0.3) is 0 Å². The molecule has 0 spiro atoms. The van der Waals surface area contributed by atoms with Gasteiger partial charge in [-0.2, -0.15) is 5.10 Å². The Labute approximate surface area is 154 Å². The average Bonchev–Trinajstić information content (AvgIpc) is 3.15. The highest BCUT2D eigenvalue weighted by Gasteiger charge is 2.35. The fourth-order valence-electron chi connectivity index (χ4n) is 3.30. The van der Waals surface area contributed by atoms with Crippen molar-refractivity contribution in [2.24, 2.45) is 5.92 Å². The molecule has 2 aromatic rings. The molecule has 1 fully saturated rings. The van der Waals surface area contributed by atoms with Crippen LogP contribution in [-0.2, 0) is 16.6 Å². The molecule has 3 rings (SSSR count). The van der Waals surface area contributed by atoms with Crippen molar-refractivity contribution in [3.05, 3.63) is 41.6 Å². The van der Waals surface area contributed by atoms with E-state index in [2.05, 4.69) is 39.4 Å². The van der Waals surface area contributed by atoms with E-state index in [1.807, 2.05) is 6.92 Å². The summed E-state index contributed by atoms with van der Waals surface area (Å²) in [4.78, 5) is 2.09.